The van der Waals surface area contributed by atoms with Crippen LogP contribution in [0, 0.1) is 23.7 Å². The van der Waals surface area contributed by atoms with E-state index in [1.165, 1.54) is 4.90 Å². The Morgan fingerprint density at radius 1 is 1.10 bits per heavy atom. The monoisotopic (exact) mass is 540 g/mol. The fourth-order valence-corrected chi connectivity index (χ4v) is 6.59. The summed E-state index contributed by atoms with van der Waals surface area (Å²) in [6.45, 7) is 0.592. The summed E-state index contributed by atoms with van der Waals surface area (Å²) >= 11 is 0. The molecule has 0 aliphatic heterocycles. The molecule has 11 heteroatoms. The van der Waals surface area contributed by atoms with Crippen LogP contribution in [0.1, 0.15) is 27.9 Å². The van der Waals surface area contributed by atoms with Gasteiger partial charge < -0.3 is 25.7 Å². The van der Waals surface area contributed by atoms with E-state index >= 15 is 0 Å². The predicted molar refractivity (Wildman–Crippen MR) is 143 cm³/mol. The van der Waals surface area contributed by atoms with Crippen LogP contribution in [0.3, 0.4) is 0 Å². The van der Waals surface area contributed by atoms with Crippen LogP contribution in [0.4, 0.5) is 5.69 Å². The minimum Gasteiger partial charge on any atom is -0.507 e. The quantitative estimate of drug-likeness (QED) is 0.402. The molecule has 0 heterocycles. The number of aromatic hydroxyl groups is 1. The molecule has 0 spiro atoms. The first-order valence-electron chi connectivity index (χ1n) is 12.9. The average Bonchev–Trinajstić information content (AvgIpc) is 2.81. The number of benzene rings is 1. The Kier molecular flexibility index (Phi) is 7.30. The number of hydrogen-bond donors (Lipinski definition) is 3. The number of hydrogen-bond acceptors (Lipinski definition) is 10. The molecule has 4 rings (SSSR count). The number of primary amides is 1. The smallest absolute Gasteiger partial charge is 0.235 e. The fourth-order valence-electron chi connectivity index (χ4n) is 6.59. The third kappa shape index (κ3) is 4.29. The number of nitrogens with zero attached hydrogens (tertiary/aromatic N) is 3. The van der Waals surface area contributed by atoms with Gasteiger partial charge in [-0.2, -0.15) is 0 Å². The molecule has 0 saturated heterocycles. The van der Waals surface area contributed by atoms with Crippen molar-refractivity contribution in [1.29, 1.82) is 0 Å². The normalized spacial score (nSPS) is 30.5. The van der Waals surface area contributed by atoms with Crippen LogP contribution in [0.25, 0.3) is 6.08 Å². The van der Waals surface area contributed by atoms with E-state index in [1.807, 2.05) is 44.1 Å². The molecule has 3 aliphatic carbocycles. The van der Waals surface area contributed by atoms with Gasteiger partial charge in [0.15, 0.2) is 34.7 Å². The average molecular weight is 541 g/mol. The fraction of sp³-hybridized carbons (Fsp3) is 0.536. The maximum atomic E-state index is 14.0. The Balaban J connectivity index is 1.87. The van der Waals surface area contributed by atoms with Crippen LogP contribution in [0.2, 0.25) is 0 Å². The number of carbonyl (C=O) groups excluding carboxylic acids is 5. The van der Waals surface area contributed by atoms with E-state index in [9.17, 15) is 34.2 Å². The molecular weight excluding hydrogens is 504 g/mol. The number of rotatable bonds is 6. The summed E-state index contributed by atoms with van der Waals surface area (Å²) in [5.74, 6) is -10.5. The molecule has 0 bridgehead atoms. The number of phenolic OH excluding ortho intramolecular Hbond substituents is 1. The van der Waals surface area contributed by atoms with Gasteiger partial charge >= 0.3 is 0 Å². The second-order valence-corrected chi connectivity index (χ2v) is 11.5. The van der Waals surface area contributed by atoms with Gasteiger partial charge in [0.2, 0.25) is 5.91 Å². The van der Waals surface area contributed by atoms with E-state index < -0.39 is 64.4 Å². The standard InChI is InChI=1S/C28H36N4O7/c1-30(2)9-7-8-13-12-17(31(3)4)15-10-14-11-16-21(32(5)6)24(35)20(27(29)38)26(37)28(16,39)25(36)18(14)23(34)19(15)22(13)33/h7-8,12,14,16,18,20-21,33,39H,9-11H2,1-6H3,(H2,29,38)/b8-7+/t14-,16-,18?,20?,21+,28-/m0/s1. The van der Waals surface area contributed by atoms with Crippen molar-refractivity contribution >= 4 is 40.8 Å². The van der Waals surface area contributed by atoms with Crippen molar-refractivity contribution in [3.8, 4) is 5.75 Å². The summed E-state index contributed by atoms with van der Waals surface area (Å²) < 4.78 is 0. The molecule has 0 radical (unpaired) electrons. The lowest BCUT2D eigenvalue weighted by atomic mass is 9.52. The van der Waals surface area contributed by atoms with Gasteiger partial charge in [0.25, 0.3) is 0 Å². The maximum absolute atomic E-state index is 14.0. The summed E-state index contributed by atoms with van der Waals surface area (Å²) in [5.41, 5.74) is 4.27. The van der Waals surface area contributed by atoms with Gasteiger partial charge in [-0.05, 0) is 58.6 Å². The maximum Gasteiger partial charge on any atom is 0.235 e. The molecule has 4 N–H and O–H groups in total. The van der Waals surface area contributed by atoms with Crippen molar-refractivity contribution in [3.05, 3.63) is 28.8 Å². The van der Waals surface area contributed by atoms with Crippen LogP contribution in [0.15, 0.2) is 12.1 Å². The van der Waals surface area contributed by atoms with Crippen molar-refractivity contribution < 1.29 is 34.2 Å². The van der Waals surface area contributed by atoms with Gasteiger partial charge in [0.1, 0.15) is 5.75 Å². The number of likely N-dealkylation sites (N-methyl/N-ethyl adjacent to an activating group) is 2. The molecule has 1 aromatic rings. The van der Waals surface area contributed by atoms with Crippen molar-refractivity contribution in [2.75, 3.05) is 53.7 Å². The molecule has 3 aliphatic rings. The van der Waals surface area contributed by atoms with Gasteiger partial charge in [0.05, 0.1) is 17.5 Å². The first-order chi connectivity index (χ1) is 18.1. The Bertz CT molecular complexity index is 1300. The minimum absolute atomic E-state index is 0.0159. The zero-order valence-corrected chi connectivity index (χ0v) is 23.1. The minimum atomic E-state index is -2.74. The molecule has 2 unspecified atom stereocenters. The Labute approximate surface area is 227 Å². The zero-order valence-electron chi connectivity index (χ0n) is 23.1. The number of Topliss-reactive ketones (excluding diaryl/α,β-unsaturated/α-hetero) is 4. The highest BCUT2D eigenvalue weighted by atomic mass is 16.3. The van der Waals surface area contributed by atoms with E-state index in [4.69, 9.17) is 5.73 Å². The summed E-state index contributed by atoms with van der Waals surface area (Å²) in [4.78, 5) is 71.9. The lowest BCUT2D eigenvalue weighted by Crippen LogP contribution is -2.74. The predicted octanol–water partition coefficient (Wildman–Crippen LogP) is -0.492. The number of amides is 1. The summed E-state index contributed by atoms with van der Waals surface area (Å²) in [6, 6.07) is 0.653. The molecule has 0 aromatic heterocycles. The molecule has 1 aromatic carbocycles. The van der Waals surface area contributed by atoms with Crippen molar-refractivity contribution in [2.45, 2.75) is 24.5 Å². The first kappa shape index (κ1) is 28.6. The van der Waals surface area contributed by atoms with E-state index in [0.29, 0.717) is 23.4 Å². The lowest BCUT2D eigenvalue weighted by Gasteiger charge is -2.52. The second-order valence-electron chi connectivity index (χ2n) is 11.5. The van der Waals surface area contributed by atoms with Crippen molar-refractivity contribution in [2.24, 2.45) is 29.4 Å². The summed E-state index contributed by atoms with van der Waals surface area (Å²) in [5, 5.41) is 22.9. The van der Waals surface area contributed by atoms with Crippen LogP contribution >= 0.6 is 0 Å². The van der Waals surface area contributed by atoms with Gasteiger partial charge in [-0.15, -0.1) is 0 Å². The molecule has 2 fully saturated rings. The lowest BCUT2D eigenvalue weighted by molar-refractivity contribution is -0.181. The molecular formula is C28H36N4O7. The summed E-state index contributed by atoms with van der Waals surface area (Å²) in [6.07, 6.45) is 3.76. The molecule has 11 nitrogen and oxygen atoms in total. The number of ketones is 4. The number of phenols is 1. The van der Waals surface area contributed by atoms with E-state index in [-0.39, 0.29) is 24.2 Å². The topological polar surface area (TPSA) is 162 Å². The van der Waals surface area contributed by atoms with Crippen LogP contribution < -0.4 is 10.6 Å². The highest BCUT2D eigenvalue weighted by Crippen LogP contribution is 2.52. The van der Waals surface area contributed by atoms with Crippen molar-refractivity contribution in [3.63, 3.8) is 0 Å². The van der Waals surface area contributed by atoms with Gasteiger partial charge in [-0.1, -0.05) is 12.2 Å². The molecule has 2 saturated carbocycles. The molecule has 210 valence electrons. The van der Waals surface area contributed by atoms with Crippen LogP contribution in [-0.4, -0.2) is 110 Å². The van der Waals surface area contributed by atoms with Crippen LogP contribution in [-0.2, 0) is 25.6 Å². The van der Waals surface area contributed by atoms with E-state index in [1.54, 1.807) is 26.2 Å². The number of nitrogens with two attached hydrogens (primary N) is 1. The molecule has 6 atom stereocenters. The highest BCUT2D eigenvalue weighted by molar-refractivity contribution is 6.32. The summed E-state index contributed by atoms with van der Waals surface area (Å²) in [7, 11) is 10.5. The highest BCUT2D eigenvalue weighted by Gasteiger charge is 2.69. The number of carbonyl (C=O) groups is 5. The second kappa shape index (κ2) is 9.96. The SMILES string of the molecule is CN(C)C/C=C/c1cc(N(C)C)c2c(c1O)C(=O)C1C(=O)[C@]3(O)C(=O)C(C(N)=O)C(=O)[C@H](N(C)C)[C@@H]3C[C@@H]1C2. The molecule has 39 heavy (non-hydrogen) atoms. The first-order valence-corrected chi connectivity index (χ1v) is 12.9. The third-order valence-corrected chi connectivity index (χ3v) is 8.32. The van der Waals surface area contributed by atoms with E-state index in [0.717, 1.165) is 0 Å². The number of fused-ring (bicyclic) bond motifs is 3. The Hall–Kier alpha value is -3.41. The van der Waals surface area contributed by atoms with Gasteiger partial charge in [0, 0.05) is 37.8 Å². The Morgan fingerprint density at radius 3 is 2.28 bits per heavy atom. The zero-order chi connectivity index (χ0) is 29.1. The van der Waals surface area contributed by atoms with Gasteiger partial charge in [-0.3, -0.25) is 28.9 Å². The largest absolute Gasteiger partial charge is 0.507 e. The van der Waals surface area contributed by atoms with Gasteiger partial charge in [-0.25, -0.2) is 0 Å². The number of aliphatic hydroxyl groups is 1. The Morgan fingerprint density at radius 2 is 1.74 bits per heavy atom. The number of anilines is 1. The van der Waals surface area contributed by atoms with Crippen molar-refractivity contribution in [1.82, 2.24) is 9.80 Å². The molecule has 1 amide bonds. The van der Waals surface area contributed by atoms with Crippen LogP contribution in [0.5, 0.6) is 5.75 Å². The third-order valence-electron chi connectivity index (χ3n) is 8.32. The van der Waals surface area contributed by atoms with E-state index in [2.05, 4.69) is 0 Å².